The second-order valence-electron chi connectivity index (χ2n) is 5.34. The maximum Gasteiger partial charge on any atom is 0.322 e. The van der Waals surface area contributed by atoms with Gasteiger partial charge in [0.2, 0.25) is 0 Å². The minimum Gasteiger partial charge on any atom is -0.319 e. The highest BCUT2D eigenvalue weighted by atomic mass is 16.2. The maximum absolute atomic E-state index is 12.3. The van der Waals surface area contributed by atoms with Crippen LogP contribution < -0.4 is 5.32 Å². The number of benzene rings is 1. The van der Waals surface area contributed by atoms with Crippen LogP contribution in [-0.4, -0.2) is 23.0 Å². The molecule has 2 atom stereocenters. The van der Waals surface area contributed by atoms with Crippen LogP contribution >= 0.6 is 0 Å². The standard InChI is InChI=1S/C15H22N2O/c1-11-6-4-9-14(10-11)16-15(18)17-12(2)7-5-8-13(17)3/h4,6,9-10,12-13H,5,7-8H2,1-3H3,(H,16,18)/t12-,13-/m0/s1. The van der Waals surface area contributed by atoms with E-state index < -0.39 is 0 Å². The molecule has 1 N–H and O–H groups in total. The zero-order valence-electron chi connectivity index (χ0n) is 11.4. The first-order chi connectivity index (χ1) is 8.58. The van der Waals surface area contributed by atoms with Crippen molar-refractivity contribution in [2.75, 3.05) is 5.32 Å². The Bertz CT molecular complexity index is 420. The monoisotopic (exact) mass is 246 g/mol. The van der Waals surface area contributed by atoms with Gasteiger partial charge in [-0.05, 0) is 57.7 Å². The van der Waals surface area contributed by atoms with Crippen molar-refractivity contribution in [1.29, 1.82) is 0 Å². The third kappa shape index (κ3) is 2.84. The summed E-state index contributed by atoms with van der Waals surface area (Å²) in [6, 6.07) is 8.62. The molecule has 0 aromatic heterocycles. The van der Waals surface area contributed by atoms with Crippen molar-refractivity contribution in [3.8, 4) is 0 Å². The number of hydrogen-bond acceptors (Lipinski definition) is 1. The summed E-state index contributed by atoms with van der Waals surface area (Å²) >= 11 is 0. The summed E-state index contributed by atoms with van der Waals surface area (Å²) in [6.07, 6.45) is 3.42. The predicted molar refractivity (Wildman–Crippen MR) is 74.8 cm³/mol. The molecule has 0 aliphatic carbocycles. The van der Waals surface area contributed by atoms with Crippen molar-refractivity contribution in [3.05, 3.63) is 29.8 Å². The molecule has 3 heteroatoms. The Morgan fingerprint density at radius 3 is 2.56 bits per heavy atom. The first-order valence-corrected chi connectivity index (χ1v) is 6.74. The molecule has 0 radical (unpaired) electrons. The second kappa shape index (κ2) is 5.42. The fourth-order valence-corrected chi connectivity index (χ4v) is 2.73. The summed E-state index contributed by atoms with van der Waals surface area (Å²) in [5.74, 6) is 0. The van der Waals surface area contributed by atoms with E-state index in [-0.39, 0.29) is 6.03 Å². The normalized spacial score (nSPS) is 23.8. The molecule has 1 aromatic rings. The number of nitrogens with zero attached hydrogens (tertiary/aromatic N) is 1. The number of likely N-dealkylation sites (tertiary alicyclic amines) is 1. The molecule has 0 unspecified atom stereocenters. The van der Waals surface area contributed by atoms with Crippen LogP contribution in [0.15, 0.2) is 24.3 Å². The zero-order valence-corrected chi connectivity index (χ0v) is 11.4. The molecular weight excluding hydrogens is 224 g/mol. The topological polar surface area (TPSA) is 32.3 Å². The number of nitrogens with one attached hydrogen (secondary N) is 1. The van der Waals surface area contributed by atoms with E-state index in [1.807, 2.05) is 36.1 Å². The Kier molecular flexibility index (Phi) is 3.90. The Morgan fingerprint density at radius 2 is 1.94 bits per heavy atom. The fourth-order valence-electron chi connectivity index (χ4n) is 2.73. The number of urea groups is 1. The number of amides is 2. The number of carbonyl (C=O) groups excluding carboxylic acids is 1. The molecule has 98 valence electrons. The van der Waals surface area contributed by atoms with E-state index >= 15 is 0 Å². The Morgan fingerprint density at radius 1 is 1.28 bits per heavy atom. The Balaban J connectivity index is 2.07. The van der Waals surface area contributed by atoms with E-state index in [2.05, 4.69) is 19.2 Å². The van der Waals surface area contributed by atoms with Crippen LogP contribution in [-0.2, 0) is 0 Å². The van der Waals surface area contributed by atoms with Crippen molar-refractivity contribution in [2.45, 2.75) is 52.1 Å². The average molecular weight is 246 g/mol. The Labute approximate surface area is 109 Å². The molecule has 1 aliphatic rings. The molecule has 0 saturated carbocycles. The minimum atomic E-state index is 0.0281. The highest BCUT2D eigenvalue weighted by molar-refractivity contribution is 5.89. The van der Waals surface area contributed by atoms with Crippen LogP contribution in [0.3, 0.4) is 0 Å². The van der Waals surface area contributed by atoms with E-state index in [4.69, 9.17) is 0 Å². The van der Waals surface area contributed by atoms with Crippen molar-refractivity contribution >= 4 is 11.7 Å². The van der Waals surface area contributed by atoms with Crippen LogP contribution in [0.5, 0.6) is 0 Å². The first kappa shape index (κ1) is 12.9. The number of hydrogen-bond donors (Lipinski definition) is 1. The van der Waals surface area contributed by atoms with E-state index in [9.17, 15) is 4.79 Å². The van der Waals surface area contributed by atoms with Gasteiger partial charge in [-0.1, -0.05) is 12.1 Å². The molecule has 1 heterocycles. The number of piperidine rings is 1. The molecule has 1 fully saturated rings. The number of anilines is 1. The van der Waals surface area contributed by atoms with Gasteiger partial charge >= 0.3 is 6.03 Å². The van der Waals surface area contributed by atoms with Crippen LogP contribution in [0.25, 0.3) is 0 Å². The molecule has 18 heavy (non-hydrogen) atoms. The van der Waals surface area contributed by atoms with Gasteiger partial charge in [-0.25, -0.2) is 4.79 Å². The van der Waals surface area contributed by atoms with Gasteiger partial charge in [-0.15, -0.1) is 0 Å². The number of rotatable bonds is 1. The lowest BCUT2D eigenvalue weighted by molar-refractivity contribution is 0.133. The van der Waals surface area contributed by atoms with Crippen molar-refractivity contribution < 1.29 is 4.79 Å². The summed E-state index contributed by atoms with van der Waals surface area (Å²) < 4.78 is 0. The molecule has 2 rings (SSSR count). The van der Waals surface area contributed by atoms with E-state index in [1.165, 1.54) is 6.42 Å². The fraction of sp³-hybridized carbons (Fsp3) is 0.533. The van der Waals surface area contributed by atoms with Gasteiger partial charge in [0.05, 0.1) is 0 Å². The molecule has 0 spiro atoms. The molecule has 2 amide bonds. The van der Waals surface area contributed by atoms with Gasteiger partial charge in [-0.2, -0.15) is 0 Å². The molecule has 3 nitrogen and oxygen atoms in total. The van der Waals surface area contributed by atoms with E-state index in [0.717, 1.165) is 24.1 Å². The largest absolute Gasteiger partial charge is 0.322 e. The summed E-state index contributed by atoms with van der Waals surface area (Å²) in [5, 5.41) is 3.00. The van der Waals surface area contributed by atoms with Gasteiger partial charge in [0, 0.05) is 17.8 Å². The highest BCUT2D eigenvalue weighted by Gasteiger charge is 2.28. The average Bonchev–Trinajstić information content (AvgIpc) is 2.28. The highest BCUT2D eigenvalue weighted by Crippen LogP contribution is 2.23. The summed E-state index contributed by atoms with van der Waals surface area (Å²) in [6.45, 7) is 6.29. The van der Waals surface area contributed by atoms with Crippen LogP contribution in [0.2, 0.25) is 0 Å². The third-order valence-electron chi connectivity index (χ3n) is 3.70. The summed E-state index contributed by atoms with van der Waals surface area (Å²) in [4.78, 5) is 14.3. The van der Waals surface area contributed by atoms with Crippen LogP contribution in [0.4, 0.5) is 10.5 Å². The van der Waals surface area contributed by atoms with E-state index in [1.54, 1.807) is 0 Å². The molecule has 1 saturated heterocycles. The SMILES string of the molecule is Cc1cccc(NC(=O)N2[C@@H](C)CCC[C@@H]2C)c1. The molecular formula is C15H22N2O. The quantitative estimate of drug-likeness (QED) is 0.803. The van der Waals surface area contributed by atoms with Crippen LogP contribution in [0.1, 0.15) is 38.7 Å². The summed E-state index contributed by atoms with van der Waals surface area (Å²) in [7, 11) is 0. The maximum atomic E-state index is 12.3. The first-order valence-electron chi connectivity index (χ1n) is 6.74. The van der Waals surface area contributed by atoms with Crippen molar-refractivity contribution in [1.82, 2.24) is 4.90 Å². The minimum absolute atomic E-state index is 0.0281. The predicted octanol–water partition coefficient (Wildman–Crippen LogP) is 3.79. The van der Waals surface area contributed by atoms with Gasteiger partial charge in [0.15, 0.2) is 0 Å². The second-order valence-corrected chi connectivity index (χ2v) is 5.34. The van der Waals surface area contributed by atoms with E-state index in [0.29, 0.717) is 12.1 Å². The lowest BCUT2D eigenvalue weighted by Crippen LogP contribution is -2.49. The van der Waals surface area contributed by atoms with Crippen molar-refractivity contribution in [3.63, 3.8) is 0 Å². The zero-order chi connectivity index (χ0) is 13.1. The molecule has 1 aromatic carbocycles. The lowest BCUT2D eigenvalue weighted by Gasteiger charge is -2.38. The third-order valence-corrected chi connectivity index (χ3v) is 3.70. The van der Waals surface area contributed by atoms with Gasteiger partial charge < -0.3 is 10.2 Å². The van der Waals surface area contributed by atoms with Gasteiger partial charge in [-0.3, -0.25) is 0 Å². The van der Waals surface area contributed by atoms with Gasteiger partial charge in [0.25, 0.3) is 0 Å². The Hall–Kier alpha value is -1.51. The molecule has 0 bridgehead atoms. The number of carbonyl (C=O) groups is 1. The molecule has 1 aliphatic heterocycles. The van der Waals surface area contributed by atoms with Crippen molar-refractivity contribution in [2.24, 2.45) is 0 Å². The lowest BCUT2D eigenvalue weighted by atomic mass is 9.98. The van der Waals surface area contributed by atoms with Gasteiger partial charge in [0.1, 0.15) is 0 Å². The smallest absolute Gasteiger partial charge is 0.319 e. The number of aryl methyl sites for hydroxylation is 1. The summed E-state index contributed by atoms with van der Waals surface area (Å²) in [5.41, 5.74) is 2.04. The van der Waals surface area contributed by atoms with Crippen LogP contribution in [0, 0.1) is 6.92 Å².